The lowest BCUT2D eigenvalue weighted by molar-refractivity contribution is -0.139. The highest BCUT2D eigenvalue weighted by Gasteiger charge is 2.29. The normalized spacial score (nSPS) is 14.1. The maximum absolute atomic E-state index is 12.5. The number of carbonyl (C=O) groups is 3. The summed E-state index contributed by atoms with van der Waals surface area (Å²) in [4.78, 5) is 36.0. The van der Waals surface area contributed by atoms with Gasteiger partial charge in [-0.25, -0.2) is 4.79 Å². The maximum atomic E-state index is 12.5. The maximum Gasteiger partial charge on any atom is 0.330 e. The van der Waals surface area contributed by atoms with Crippen molar-refractivity contribution >= 4 is 23.5 Å². The van der Waals surface area contributed by atoms with Crippen LogP contribution in [0.25, 0.3) is 0 Å². The first-order chi connectivity index (χ1) is 13.0. The van der Waals surface area contributed by atoms with Crippen LogP contribution in [0, 0.1) is 5.92 Å². The third-order valence-electron chi connectivity index (χ3n) is 4.31. The minimum atomic E-state index is -1.20. The first-order valence-electron chi connectivity index (χ1n) is 8.56. The van der Waals surface area contributed by atoms with E-state index >= 15 is 0 Å². The van der Waals surface area contributed by atoms with E-state index in [2.05, 4.69) is 10.6 Å². The van der Waals surface area contributed by atoms with Crippen LogP contribution in [0.4, 0.5) is 5.69 Å². The van der Waals surface area contributed by atoms with E-state index in [4.69, 9.17) is 4.74 Å². The van der Waals surface area contributed by atoms with E-state index in [1.165, 1.54) is 13.2 Å². The zero-order chi connectivity index (χ0) is 19.4. The van der Waals surface area contributed by atoms with Crippen LogP contribution in [0.15, 0.2) is 48.5 Å². The van der Waals surface area contributed by atoms with Crippen molar-refractivity contribution in [2.75, 3.05) is 12.4 Å². The van der Waals surface area contributed by atoms with E-state index in [1.807, 2.05) is 0 Å². The number of ether oxygens (including phenoxy) is 1. The summed E-state index contributed by atoms with van der Waals surface area (Å²) in [5.74, 6) is -1.14. The molecule has 0 radical (unpaired) electrons. The Kier molecular flexibility index (Phi) is 5.40. The highest BCUT2D eigenvalue weighted by molar-refractivity contribution is 5.99. The molecule has 7 nitrogen and oxygen atoms in total. The number of hydrogen-bond acceptors (Lipinski definition) is 4. The Bertz CT molecular complexity index is 859. The molecule has 2 aromatic carbocycles. The van der Waals surface area contributed by atoms with Gasteiger partial charge in [-0.3, -0.25) is 9.59 Å². The number of methoxy groups -OCH3 is 1. The van der Waals surface area contributed by atoms with E-state index in [0.717, 1.165) is 12.8 Å². The number of benzene rings is 2. The van der Waals surface area contributed by atoms with Gasteiger partial charge < -0.3 is 20.5 Å². The number of carbonyl (C=O) groups excluding carboxylic acids is 2. The van der Waals surface area contributed by atoms with E-state index in [9.17, 15) is 19.5 Å². The van der Waals surface area contributed by atoms with E-state index in [1.54, 1.807) is 42.5 Å². The summed E-state index contributed by atoms with van der Waals surface area (Å²) < 4.78 is 5.06. The summed E-state index contributed by atoms with van der Waals surface area (Å²) in [6.45, 7) is 0. The van der Waals surface area contributed by atoms with Gasteiger partial charge in [0.25, 0.3) is 5.91 Å². The van der Waals surface area contributed by atoms with Gasteiger partial charge in [0.05, 0.1) is 7.11 Å². The minimum Gasteiger partial charge on any atom is -0.497 e. The molecular weight excluding hydrogens is 348 g/mol. The Labute approximate surface area is 156 Å². The standard InChI is InChI=1S/C20H20N2O5/c1-27-16-9-7-12(8-10-16)17(20(25)26)22-19(24)14-3-2-4-15(11-14)21-18(23)13-5-6-13/h2-4,7-11,13,17H,5-6H2,1H3,(H,21,23)(H,22,24)(H,25,26). The summed E-state index contributed by atoms with van der Waals surface area (Å²) >= 11 is 0. The molecule has 3 N–H and O–H groups in total. The van der Waals surface area contributed by atoms with Gasteiger partial charge in [-0.05, 0) is 48.7 Å². The Morgan fingerprint density at radius 2 is 1.81 bits per heavy atom. The van der Waals surface area contributed by atoms with Crippen molar-refractivity contribution in [1.82, 2.24) is 5.32 Å². The molecule has 2 amide bonds. The number of amides is 2. The summed E-state index contributed by atoms with van der Waals surface area (Å²) in [5, 5.41) is 14.8. The lowest BCUT2D eigenvalue weighted by Crippen LogP contribution is -2.33. The quantitative estimate of drug-likeness (QED) is 0.697. The minimum absolute atomic E-state index is 0.0499. The van der Waals surface area contributed by atoms with Gasteiger partial charge in [0.1, 0.15) is 5.75 Å². The third kappa shape index (κ3) is 4.63. The van der Waals surface area contributed by atoms with E-state index in [0.29, 0.717) is 17.0 Å². The Balaban J connectivity index is 1.73. The predicted molar refractivity (Wildman–Crippen MR) is 98.6 cm³/mol. The van der Waals surface area contributed by atoms with Crippen LogP contribution >= 0.6 is 0 Å². The highest BCUT2D eigenvalue weighted by atomic mass is 16.5. The molecule has 1 aliphatic rings. The summed E-state index contributed by atoms with van der Waals surface area (Å²) in [7, 11) is 1.51. The number of carboxylic acid groups (broad SMARTS) is 1. The molecule has 140 valence electrons. The van der Waals surface area contributed by atoms with Crippen LogP contribution in [-0.4, -0.2) is 30.0 Å². The van der Waals surface area contributed by atoms with Crippen LogP contribution in [0.1, 0.15) is 34.8 Å². The van der Waals surface area contributed by atoms with Crippen LogP contribution in [0.3, 0.4) is 0 Å². The molecule has 0 aliphatic heterocycles. The largest absolute Gasteiger partial charge is 0.497 e. The van der Waals surface area contributed by atoms with Crippen LogP contribution in [0.2, 0.25) is 0 Å². The average Bonchev–Trinajstić information content (AvgIpc) is 3.51. The SMILES string of the molecule is COc1ccc(C(NC(=O)c2cccc(NC(=O)C3CC3)c2)C(=O)O)cc1. The number of rotatable bonds is 7. The second-order valence-corrected chi connectivity index (χ2v) is 6.36. The molecule has 0 heterocycles. The molecule has 1 saturated carbocycles. The van der Waals surface area contributed by atoms with Gasteiger partial charge in [0, 0.05) is 17.2 Å². The monoisotopic (exact) mass is 368 g/mol. The van der Waals surface area contributed by atoms with Crippen molar-refractivity contribution in [1.29, 1.82) is 0 Å². The van der Waals surface area contributed by atoms with Crippen molar-refractivity contribution in [3.63, 3.8) is 0 Å². The molecule has 2 aromatic rings. The molecule has 0 saturated heterocycles. The Morgan fingerprint density at radius 1 is 1.11 bits per heavy atom. The number of hydrogen-bond donors (Lipinski definition) is 3. The smallest absolute Gasteiger partial charge is 0.330 e. The molecule has 1 unspecified atom stereocenters. The van der Waals surface area contributed by atoms with E-state index in [-0.39, 0.29) is 17.4 Å². The fourth-order valence-electron chi connectivity index (χ4n) is 2.63. The van der Waals surface area contributed by atoms with E-state index < -0.39 is 17.9 Å². The van der Waals surface area contributed by atoms with Crippen molar-refractivity contribution in [3.05, 3.63) is 59.7 Å². The van der Waals surface area contributed by atoms with Gasteiger partial charge in [0.15, 0.2) is 6.04 Å². The number of anilines is 1. The topological polar surface area (TPSA) is 105 Å². The Hall–Kier alpha value is -3.35. The molecule has 3 rings (SSSR count). The number of aliphatic carboxylic acids is 1. The molecule has 7 heteroatoms. The highest BCUT2D eigenvalue weighted by Crippen LogP contribution is 2.30. The fourth-order valence-corrected chi connectivity index (χ4v) is 2.63. The van der Waals surface area contributed by atoms with Gasteiger partial charge >= 0.3 is 5.97 Å². The lowest BCUT2D eigenvalue weighted by Gasteiger charge is -2.16. The molecule has 27 heavy (non-hydrogen) atoms. The van der Waals surface area contributed by atoms with Crippen LogP contribution < -0.4 is 15.4 Å². The van der Waals surface area contributed by atoms with Gasteiger partial charge in [-0.1, -0.05) is 18.2 Å². The number of carboxylic acids is 1. The van der Waals surface area contributed by atoms with Crippen LogP contribution in [-0.2, 0) is 9.59 Å². The third-order valence-corrected chi connectivity index (χ3v) is 4.31. The molecule has 1 fully saturated rings. The van der Waals surface area contributed by atoms with Gasteiger partial charge in [-0.15, -0.1) is 0 Å². The molecule has 0 spiro atoms. The molecule has 0 bridgehead atoms. The number of nitrogens with one attached hydrogen (secondary N) is 2. The van der Waals surface area contributed by atoms with Gasteiger partial charge in [-0.2, -0.15) is 0 Å². The second kappa shape index (κ2) is 7.90. The summed E-state index contributed by atoms with van der Waals surface area (Å²) in [5.41, 5.74) is 1.20. The van der Waals surface area contributed by atoms with Crippen molar-refractivity contribution in [2.24, 2.45) is 5.92 Å². The van der Waals surface area contributed by atoms with Crippen molar-refractivity contribution in [3.8, 4) is 5.75 Å². The van der Waals surface area contributed by atoms with Gasteiger partial charge in [0.2, 0.25) is 5.91 Å². The first kappa shape index (κ1) is 18.4. The summed E-state index contributed by atoms with van der Waals surface area (Å²) in [6, 6.07) is 11.7. The van der Waals surface area contributed by atoms with Crippen LogP contribution in [0.5, 0.6) is 5.75 Å². The van der Waals surface area contributed by atoms with Crippen molar-refractivity contribution in [2.45, 2.75) is 18.9 Å². The average molecular weight is 368 g/mol. The molecular formula is C20H20N2O5. The molecule has 0 aromatic heterocycles. The zero-order valence-corrected chi connectivity index (χ0v) is 14.8. The molecule has 1 atom stereocenters. The second-order valence-electron chi connectivity index (χ2n) is 6.36. The lowest BCUT2D eigenvalue weighted by atomic mass is 10.1. The molecule has 1 aliphatic carbocycles. The fraction of sp³-hybridized carbons (Fsp3) is 0.250. The predicted octanol–water partition coefficient (Wildman–Crippen LogP) is 2.60. The van der Waals surface area contributed by atoms with Crippen molar-refractivity contribution < 1.29 is 24.2 Å². The Morgan fingerprint density at radius 3 is 2.41 bits per heavy atom. The summed E-state index contributed by atoms with van der Waals surface area (Å²) in [6.07, 6.45) is 1.77. The zero-order valence-electron chi connectivity index (χ0n) is 14.8. The first-order valence-corrected chi connectivity index (χ1v) is 8.56.